The zero-order valence-corrected chi connectivity index (χ0v) is 12.9. The molecule has 1 atom stereocenters. The van der Waals surface area contributed by atoms with Crippen LogP contribution in [0, 0.1) is 0 Å². The van der Waals surface area contributed by atoms with Crippen LogP contribution in [0.25, 0.3) is 5.82 Å². The number of amides is 1. The van der Waals surface area contributed by atoms with Crippen LogP contribution in [0.4, 0.5) is 0 Å². The Bertz CT molecular complexity index is 579. The molecule has 0 saturated carbocycles. The fraction of sp³-hybridized carbons (Fsp3) is 0.333. The number of rotatable bonds is 6. The maximum Gasteiger partial charge on any atom is 0.252 e. The molecule has 0 spiro atoms. The second kappa shape index (κ2) is 6.78. The van der Waals surface area contributed by atoms with Gasteiger partial charge in [-0.2, -0.15) is 11.8 Å². The van der Waals surface area contributed by atoms with Crippen molar-refractivity contribution in [1.29, 1.82) is 0 Å². The van der Waals surface area contributed by atoms with E-state index in [0.29, 0.717) is 11.3 Å². The van der Waals surface area contributed by atoms with E-state index in [9.17, 15) is 9.90 Å². The van der Waals surface area contributed by atoms with Crippen molar-refractivity contribution in [2.24, 2.45) is 0 Å². The van der Waals surface area contributed by atoms with E-state index in [1.54, 1.807) is 30.8 Å². The molecule has 0 fully saturated rings. The molecule has 2 aromatic heterocycles. The first-order valence-corrected chi connectivity index (χ1v) is 8.00. The summed E-state index contributed by atoms with van der Waals surface area (Å²) in [5.41, 5.74) is -0.431. The van der Waals surface area contributed by atoms with Gasteiger partial charge in [-0.25, -0.2) is 4.98 Å². The van der Waals surface area contributed by atoms with Crippen LogP contribution in [-0.4, -0.2) is 44.7 Å². The lowest BCUT2D eigenvalue weighted by Gasteiger charge is -2.22. The Kier molecular flexibility index (Phi) is 5.03. The lowest BCUT2D eigenvalue weighted by molar-refractivity contribution is 0.0725. The Morgan fingerprint density at radius 1 is 1.43 bits per heavy atom. The van der Waals surface area contributed by atoms with E-state index in [1.807, 2.05) is 35.3 Å². The number of carbonyl (C=O) groups is 1. The van der Waals surface area contributed by atoms with Crippen LogP contribution in [0.1, 0.15) is 17.3 Å². The molecule has 21 heavy (non-hydrogen) atoms. The van der Waals surface area contributed by atoms with Gasteiger partial charge >= 0.3 is 0 Å². The predicted molar refractivity (Wildman–Crippen MR) is 84.9 cm³/mol. The summed E-state index contributed by atoms with van der Waals surface area (Å²) >= 11 is 1.54. The summed E-state index contributed by atoms with van der Waals surface area (Å²) in [5, 5.41) is 12.8. The van der Waals surface area contributed by atoms with E-state index >= 15 is 0 Å². The summed E-state index contributed by atoms with van der Waals surface area (Å²) in [7, 11) is 0. The van der Waals surface area contributed by atoms with Crippen LogP contribution < -0.4 is 5.32 Å². The van der Waals surface area contributed by atoms with Crippen molar-refractivity contribution in [3.05, 3.63) is 48.4 Å². The van der Waals surface area contributed by atoms with Crippen molar-refractivity contribution in [1.82, 2.24) is 14.9 Å². The first-order chi connectivity index (χ1) is 10.0. The molecular formula is C15H19N3O2S. The molecule has 0 radical (unpaired) electrons. The molecule has 2 N–H and O–H groups in total. The number of nitrogens with one attached hydrogen (secondary N) is 1. The molecule has 0 aliphatic carbocycles. The van der Waals surface area contributed by atoms with Crippen molar-refractivity contribution in [3.63, 3.8) is 0 Å². The van der Waals surface area contributed by atoms with Gasteiger partial charge < -0.3 is 15.0 Å². The van der Waals surface area contributed by atoms with Crippen LogP contribution in [0.3, 0.4) is 0 Å². The quantitative estimate of drug-likeness (QED) is 0.853. The molecule has 0 aliphatic rings. The average Bonchev–Trinajstić information content (AvgIpc) is 2.99. The van der Waals surface area contributed by atoms with Gasteiger partial charge in [0, 0.05) is 30.9 Å². The normalized spacial score (nSPS) is 13.7. The zero-order chi connectivity index (χ0) is 15.3. The SMILES string of the molecule is CSCC(C)(O)CNC(=O)c1ccc(-n2cccc2)nc1. The number of pyridine rings is 1. The van der Waals surface area contributed by atoms with Gasteiger partial charge in [-0.05, 0) is 37.4 Å². The highest BCUT2D eigenvalue weighted by Gasteiger charge is 2.20. The minimum absolute atomic E-state index is 0.214. The zero-order valence-electron chi connectivity index (χ0n) is 12.1. The van der Waals surface area contributed by atoms with Gasteiger partial charge in [0.15, 0.2) is 0 Å². The van der Waals surface area contributed by atoms with Crippen molar-refractivity contribution in [2.75, 3.05) is 18.6 Å². The van der Waals surface area contributed by atoms with E-state index in [0.717, 1.165) is 5.82 Å². The highest BCUT2D eigenvalue weighted by Crippen LogP contribution is 2.10. The van der Waals surface area contributed by atoms with Gasteiger partial charge in [0.1, 0.15) is 5.82 Å². The number of carbonyl (C=O) groups excluding carboxylic acids is 1. The highest BCUT2D eigenvalue weighted by molar-refractivity contribution is 7.98. The summed E-state index contributed by atoms with van der Waals surface area (Å²) in [5.74, 6) is 1.09. The molecule has 1 amide bonds. The minimum Gasteiger partial charge on any atom is -0.387 e. The Morgan fingerprint density at radius 3 is 2.71 bits per heavy atom. The molecule has 112 valence electrons. The predicted octanol–water partition coefficient (Wildman–Crippen LogP) is 1.72. The standard InChI is InChI=1S/C15H19N3O2S/c1-15(20,11-21-2)10-17-14(19)12-5-6-13(16-9-12)18-7-3-4-8-18/h3-9,20H,10-11H2,1-2H3,(H,17,19). The first-order valence-electron chi connectivity index (χ1n) is 6.61. The van der Waals surface area contributed by atoms with Crippen LogP contribution in [0.15, 0.2) is 42.9 Å². The van der Waals surface area contributed by atoms with E-state index in [-0.39, 0.29) is 12.5 Å². The number of nitrogens with zero attached hydrogens (tertiary/aromatic N) is 2. The van der Waals surface area contributed by atoms with E-state index in [1.165, 1.54) is 6.20 Å². The van der Waals surface area contributed by atoms with Crippen molar-refractivity contribution in [3.8, 4) is 5.82 Å². The van der Waals surface area contributed by atoms with Gasteiger partial charge in [0.2, 0.25) is 0 Å². The summed E-state index contributed by atoms with van der Waals surface area (Å²) in [6.45, 7) is 1.92. The number of thioether (sulfide) groups is 1. The lowest BCUT2D eigenvalue weighted by atomic mass is 10.1. The van der Waals surface area contributed by atoms with E-state index in [2.05, 4.69) is 10.3 Å². The maximum absolute atomic E-state index is 12.0. The molecule has 5 nitrogen and oxygen atoms in total. The largest absolute Gasteiger partial charge is 0.387 e. The fourth-order valence-corrected chi connectivity index (χ4v) is 2.62. The third-order valence-electron chi connectivity index (χ3n) is 2.96. The van der Waals surface area contributed by atoms with Crippen molar-refractivity contribution in [2.45, 2.75) is 12.5 Å². The first kappa shape index (κ1) is 15.6. The van der Waals surface area contributed by atoms with Crippen LogP contribution in [0.5, 0.6) is 0 Å². The van der Waals surface area contributed by atoms with Crippen LogP contribution >= 0.6 is 11.8 Å². The van der Waals surface area contributed by atoms with Gasteiger partial charge in [0.05, 0.1) is 11.2 Å². The Hall–Kier alpha value is -1.79. The Labute approximate surface area is 128 Å². The summed E-state index contributed by atoms with van der Waals surface area (Å²) in [6, 6.07) is 7.34. The van der Waals surface area contributed by atoms with Crippen LogP contribution in [0.2, 0.25) is 0 Å². The van der Waals surface area contributed by atoms with Crippen LogP contribution in [-0.2, 0) is 0 Å². The molecule has 0 bridgehead atoms. The Balaban J connectivity index is 1.97. The third kappa shape index (κ3) is 4.34. The fourth-order valence-electron chi connectivity index (χ4n) is 1.90. The molecule has 2 aromatic rings. The monoisotopic (exact) mass is 305 g/mol. The third-order valence-corrected chi connectivity index (χ3v) is 3.87. The molecule has 0 saturated heterocycles. The number of aromatic nitrogens is 2. The summed E-state index contributed by atoms with van der Waals surface area (Å²) in [4.78, 5) is 16.3. The van der Waals surface area contributed by atoms with Crippen molar-refractivity contribution < 1.29 is 9.90 Å². The molecular weight excluding hydrogens is 286 g/mol. The van der Waals surface area contributed by atoms with Gasteiger partial charge in [-0.15, -0.1) is 0 Å². The molecule has 0 aliphatic heterocycles. The molecule has 6 heteroatoms. The number of aliphatic hydroxyl groups is 1. The van der Waals surface area contributed by atoms with Gasteiger partial charge in [-0.1, -0.05) is 0 Å². The second-order valence-corrected chi connectivity index (χ2v) is 5.97. The van der Waals surface area contributed by atoms with Crippen molar-refractivity contribution >= 4 is 17.7 Å². The number of hydrogen-bond acceptors (Lipinski definition) is 4. The summed E-state index contributed by atoms with van der Waals surface area (Å²) < 4.78 is 1.87. The Morgan fingerprint density at radius 2 is 2.14 bits per heavy atom. The molecule has 2 rings (SSSR count). The average molecular weight is 305 g/mol. The number of hydrogen-bond donors (Lipinski definition) is 2. The molecule has 2 heterocycles. The molecule has 1 unspecified atom stereocenters. The van der Waals surface area contributed by atoms with Gasteiger partial charge in [0.25, 0.3) is 5.91 Å². The molecule has 0 aromatic carbocycles. The topological polar surface area (TPSA) is 67.2 Å². The minimum atomic E-state index is -0.909. The highest BCUT2D eigenvalue weighted by atomic mass is 32.2. The summed E-state index contributed by atoms with van der Waals surface area (Å²) in [6.07, 6.45) is 7.23. The lowest BCUT2D eigenvalue weighted by Crippen LogP contribution is -2.42. The van der Waals surface area contributed by atoms with E-state index in [4.69, 9.17) is 0 Å². The maximum atomic E-state index is 12.0. The van der Waals surface area contributed by atoms with Gasteiger partial charge in [-0.3, -0.25) is 4.79 Å². The smallest absolute Gasteiger partial charge is 0.252 e. The second-order valence-electron chi connectivity index (χ2n) is 5.11. The van der Waals surface area contributed by atoms with E-state index < -0.39 is 5.60 Å².